The van der Waals surface area contributed by atoms with Gasteiger partial charge in [0.05, 0.1) is 12.6 Å². The summed E-state index contributed by atoms with van der Waals surface area (Å²) in [5.41, 5.74) is 0.808. The number of carbonyl (C=O) groups excluding carboxylic acids is 1. The van der Waals surface area contributed by atoms with Crippen LogP contribution in [0.4, 0.5) is 0 Å². The van der Waals surface area contributed by atoms with Gasteiger partial charge < -0.3 is 10.0 Å². The number of benzene rings is 1. The SMILES string of the molecule is O=C(C(Cl)c1ccccc1)N1CCC[C@H]1CO. The van der Waals surface area contributed by atoms with Crippen molar-refractivity contribution in [3.63, 3.8) is 0 Å². The summed E-state index contributed by atoms with van der Waals surface area (Å²) in [5, 5.41) is 8.55. The highest BCUT2D eigenvalue weighted by molar-refractivity contribution is 6.30. The Hall–Kier alpha value is -1.06. The molecule has 1 saturated heterocycles. The average molecular weight is 254 g/mol. The van der Waals surface area contributed by atoms with Gasteiger partial charge in [0.25, 0.3) is 0 Å². The van der Waals surface area contributed by atoms with Crippen molar-refractivity contribution < 1.29 is 9.90 Å². The quantitative estimate of drug-likeness (QED) is 0.837. The zero-order valence-electron chi connectivity index (χ0n) is 9.55. The Balaban J connectivity index is 2.10. The molecule has 1 fully saturated rings. The molecule has 0 aromatic heterocycles. The van der Waals surface area contributed by atoms with Crippen LogP contribution in [0.1, 0.15) is 23.8 Å². The number of hydrogen-bond donors (Lipinski definition) is 1. The monoisotopic (exact) mass is 253 g/mol. The zero-order chi connectivity index (χ0) is 12.3. The predicted molar refractivity (Wildman–Crippen MR) is 66.9 cm³/mol. The van der Waals surface area contributed by atoms with Gasteiger partial charge in [-0.25, -0.2) is 0 Å². The molecule has 2 atom stereocenters. The van der Waals surface area contributed by atoms with Gasteiger partial charge in [0, 0.05) is 6.54 Å². The minimum atomic E-state index is -0.650. The fourth-order valence-electron chi connectivity index (χ4n) is 2.23. The molecule has 17 heavy (non-hydrogen) atoms. The fraction of sp³-hybridized carbons (Fsp3) is 0.462. The van der Waals surface area contributed by atoms with Crippen molar-refractivity contribution >= 4 is 17.5 Å². The Morgan fingerprint density at radius 2 is 2.18 bits per heavy atom. The number of hydrogen-bond acceptors (Lipinski definition) is 2. The molecule has 1 heterocycles. The lowest BCUT2D eigenvalue weighted by atomic mass is 10.1. The first kappa shape index (κ1) is 12.4. The molecule has 92 valence electrons. The Bertz CT molecular complexity index is 382. The number of likely N-dealkylation sites (tertiary alicyclic amines) is 1. The number of nitrogens with zero attached hydrogens (tertiary/aromatic N) is 1. The molecular weight excluding hydrogens is 238 g/mol. The van der Waals surface area contributed by atoms with Crippen LogP contribution < -0.4 is 0 Å². The standard InChI is InChI=1S/C13H16ClNO2/c14-12(10-5-2-1-3-6-10)13(17)15-8-4-7-11(15)9-16/h1-3,5-6,11-12,16H,4,7-9H2/t11-,12?/m0/s1. The number of halogens is 1. The maximum atomic E-state index is 12.2. The molecule has 0 radical (unpaired) electrons. The van der Waals surface area contributed by atoms with Crippen molar-refractivity contribution in [1.29, 1.82) is 0 Å². The van der Waals surface area contributed by atoms with Crippen LogP contribution in [0.15, 0.2) is 30.3 Å². The predicted octanol–water partition coefficient (Wildman–Crippen LogP) is 1.95. The van der Waals surface area contributed by atoms with Gasteiger partial charge >= 0.3 is 0 Å². The smallest absolute Gasteiger partial charge is 0.245 e. The van der Waals surface area contributed by atoms with E-state index >= 15 is 0 Å². The van der Waals surface area contributed by atoms with Crippen LogP contribution in [-0.4, -0.2) is 35.1 Å². The molecule has 0 aliphatic carbocycles. The Morgan fingerprint density at radius 3 is 2.82 bits per heavy atom. The summed E-state index contributed by atoms with van der Waals surface area (Å²) in [6, 6.07) is 9.26. The molecule has 2 rings (SSSR count). The van der Waals surface area contributed by atoms with Gasteiger partial charge in [-0.3, -0.25) is 4.79 Å². The summed E-state index contributed by atoms with van der Waals surface area (Å²) in [5.74, 6) is -0.102. The van der Waals surface area contributed by atoms with E-state index in [-0.39, 0.29) is 18.6 Å². The van der Waals surface area contributed by atoms with Crippen LogP contribution in [0.2, 0.25) is 0 Å². The second kappa shape index (κ2) is 5.52. The van der Waals surface area contributed by atoms with Crippen molar-refractivity contribution in [3.05, 3.63) is 35.9 Å². The zero-order valence-corrected chi connectivity index (χ0v) is 10.3. The molecular formula is C13H16ClNO2. The van der Waals surface area contributed by atoms with Gasteiger partial charge in [-0.15, -0.1) is 11.6 Å². The average Bonchev–Trinajstić information content (AvgIpc) is 2.86. The summed E-state index contributed by atoms with van der Waals surface area (Å²) in [6.45, 7) is 0.713. The van der Waals surface area contributed by atoms with Crippen LogP contribution in [0.3, 0.4) is 0 Å². The van der Waals surface area contributed by atoms with Crippen LogP contribution in [0.5, 0.6) is 0 Å². The molecule has 3 nitrogen and oxygen atoms in total. The third kappa shape index (κ3) is 2.61. The molecule has 4 heteroatoms. The highest BCUT2D eigenvalue weighted by Gasteiger charge is 2.32. The molecule has 1 aliphatic heterocycles. The molecule has 1 aromatic carbocycles. The molecule has 1 aliphatic rings. The van der Waals surface area contributed by atoms with E-state index in [9.17, 15) is 9.90 Å². The van der Waals surface area contributed by atoms with Crippen LogP contribution in [0, 0.1) is 0 Å². The lowest BCUT2D eigenvalue weighted by molar-refractivity contribution is -0.132. The maximum absolute atomic E-state index is 12.2. The van der Waals surface area contributed by atoms with E-state index in [1.165, 1.54) is 0 Å². The topological polar surface area (TPSA) is 40.5 Å². The molecule has 1 aromatic rings. The molecule has 0 spiro atoms. The van der Waals surface area contributed by atoms with Crippen LogP contribution >= 0.6 is 11.6 Å². The number of aliphatic hydroxyl groups is 1. The summed E-state index contributed by atoms with van der Waals surface area (Å²) in [4.78, 5) is 13.9. The van der Waals surface area contributed by atoms with E-state index in [0.29, 0.717) is 6.54 Å². The summed E-state index contributed by atoms with van der Waals surface area (Å²) < 4.78 is 0. The number of carbonyl (C=O) groups is 1. The number of aliphatic hydroxyl groups excluding tert-OH is 1. The maximum Gasteiger partial charge on any atom is 0.245 e. The lowest BCUT2D eigenvalue weighted by Gasteiger charge is -2.25. The van der Waals surface area contributed by atoms with Crippen molar-refractivity contribution in [2.24, 2.45) is 0 Å². The van der Waals surface area contributed by atoms with E-state index in [1.54, 1.807) is 4.90 Å². The molecule has 1 unspecified atom stereocenters. The van der Waals surface area contributed by atoms with E-state index in [0.717, 1.165) is 18.4 Å². The fourth-order valence-corrected chi connectivity index (χ4v) is 2.50. The van der Waals surface area contributed by atoms with Gasteiger partial charge in [0.1, 0.15) is 5.38 Å². The molecule has 0 saturated carbocycles. The van der Waals surface area contributed by atoms with Crippen molar-refractivity contribution in [3.8, 4) is 0 Å². The minimum Gasteiger partial charge on any atom is -0.394 e. The van der Waals surface area contributed by atoms with Crippen LogP contribution in [-0.2, 0) is 4.79 Å². The van der Waals surface area contributed by atoms with Crippen molar-refractivity contribution in [2.45, 2.75) is 24.3 Å². The molecule has 1 amide bonds. The highest BCUT2D eigenvalue weighted by Crippen LogP contribution is 2.27. The van der Waals surface area contributed by atoms with E-state index in [4.69, 9.17) is 11.6 Å². The van der Waals surface area contributed by atoms with Crippen molar-refractivity contribution in [2.75, 3.05) is 13.2 Å². The second-order valence-corrected chi connectivity index (χ2v) is 4.72. The van der Waals surface area contributed by atoms with E-state index < -0.39 is 5.38 Å². The molecule has 1 N–H and O–H groups in total. The normalized spacial score (nSPS) is 21.5. The number of alkyl halides is 1. The molecule has 0 bridgehead atoms. The summed E-state index contributed by atoms with van der Waals surface area (Å²) in [6.07, 6.45) is 1.80. The Morgan fingerprint density at radius 1 is 1.47 bits per heavy atom. The minimum absolute atomic E-state index is 0.0180. The second-order valence-electron chi connectivity index (χ2n) is 4.28. The van der Waals surface area contributed by atoms with E-state index in [1.807, 2.05) is 30.3 Å². The van der Waals surface area contributed by atoms with Crippen molar-refractivity contribution in [1.82, 2.24) is 4.90 Å². The first-order valence-corrected chi connectivity index (χ1v) is 6.28. The summed E-state index contributed by atoms with van der Waals surface area (Å²) >= 11 is 6.19. The van der Waals surface area contributed by atoms with Gasteiger partial charge in [0.15, 0.2) is 0 Å². The Kier molecular flexibility index (Phi) is 4.02. The van der Waals surface area contributed by atoms with Gasteiger partial charge in [0.2, 0.25) is 5.91 Å². The van der Waals surface area contributed by atoms with Crippen LogP contribution in [0.25, 0.3) is 0 Å². The summed E-state index contributed by atoms with van der Waals surface area (Å²) in [7, 11) is 0. The lowest BCUT2D eigenvalue weighted by Crippen LogP contribution is -2.39. The van der Waals surface area contributed by atoms with Gasteiger partial charge in [-0.1, -0.05) is 30.3 Å². The first-order chi connectivity index (χ1) is 8.24. The van der Waals surface area contributed by atoms with Gasteiger partial charge in [-0.05, 0) is 18.4 Å². The third-order valence-electron chi connectivity index (χ3n) is 3.18. The van der Waals surface area contributed by atoms with E-state index in [2.05, 4.69) is 0 Å². The third-order valence-corrected chi connectivity index (χ3v) is 3.62. The number of rotatable bonds is 3. The first-order valence-electron chi connectivity index (χ1n) is 5.84. The number of amides is 1. The van der Waals surface area contributed by atoms with Gasteiger partial charge in [-0.2, -0.15) is 0 Å². The Labute approximate surface area is 106 Å². The largest absolute Gasteiger partial charge is 0.394 e. The highest BCUT2D eigenvalue weighted by atomic mass is 35.5.